The van der Waals surface area contributed by atoms with Crippen LogP contribution in [-0.2, 0) is 16.0 Å². The molecule has 4 nitrogen and oxygen atoms in total. The third-order valence-corrected chi connectivity index (χ3v) is 6.73. The van der Waals surface area contributed by atoms with Gasteiger partial charge < -0.3 is 5.32 Å². The number of carbonyl (C=O) groups excluding carboxylic acids is 2. The van der Waals surface area contributed by atoms with Gasteiger partial charge in [-0.15, -0.1) is 23.2 Å². The highest BCUT2D eigenvalue weighted by Gasteiger charge is 2.69. The van der Waals surface area contributed by atoms with Gasteiger partial charge in [0.2, 0.25) is 11.8 Å². The number of benzene rings is 2. The molecule has 1 N–H and O–H groups in total. The number of nitrogens with one attached hydrogen (secondary N) is 1. The van der Waals surface area contributed by atoms with Crippen LogP contribution in [0.2, 0.25) is 0 Å². The minimum Gasteiger partial charge on any atom is -0.322 e. The summed E-state index contributed by atoms with van der Waals surface area (Å²) in [6, 6.07) is 12.6. The molecule has 0 aromatic heterocycles. The lowest BCUT2D eigenvalue weighted by atomic mass is 9.93. The van der Waals surface area contributed by atoms with E-state index in [4.69, 9.17) is 23.2 Å². The average Bonchev–Trinajstić information content (AvgIpc) is 3.21. The van der Waals surface area contributed by atoms with Crippen LogP contribution in [0.1, 0.15) is 25.3 Å². The minimum absolute atomic E-state index is 0.0837. The predicted molar refractivity (Wildman–Crippen MR) is 108 cm³/mol. The Hall–Kier alpha value is -2.11. The van der Waals surface area contributed by atoms with Crippen molar-refractivity contribution in [3.8, 4) is 0 Å². The zero-order valence-corrected chi connectivity index (χ0v) is 16.7. The van der Waals surface area contributed by atoms with Crippen LogP contribution in [-0.4, -0.2) is 22.2 Å². The van der Waals surface area contributed by atoms with Crippen molar-refractivity contribution in [2.75, 3.05) is 10.2 Å². The summed E-state index contributed by atoms with van der Waals surface area (Å²) in [5.74, 6) is -1.26. The minimum atomic E-state index is -1.15. The molecule has 2 atom stereocenters. The van der Waals surface area contributed by atoms with Crippen LogP contribution in [0.4, 0.5) is 15.8 Å². The van der Waals surface area contributed by atoms with Crippen LogP contribution in [0.5, 0.6) is 0 Å². The first kappa shape index (κ1) is 19.2. The number of alkyl halides is 2. The molecule has 1 aliphatic heterocycles. The summed E-state index contributed by atoms with van der Waals surface area (Å²) in [5, 5.41) is 2.61. The third kappa shape index (κ3) is 3.07. The van der Waals surface area contributed by atoms with Gasteiger partial charge in [0, 0.05) is 5.69 Å². The second-order valence-electron chi connectivity index (χ2n) is 7.54. The van der Waals surface area contributed by atoms with Crippen LogP contribution in [0, 0.1) is 11.2 Å². The second-order valence-corrected chi connectivity index (χ2v) is 9.02. The number of anilines is 2. The number of amides is 2. The summed E-state index contributed by atoms with van der Waals surface area (Å²) < 4.78 is 12.8. The number of rotatable bonds is 3. The quantitative estimate of drug-likeness (QED) is 0.731. The Balaban J connectivity index is 1.69. The van der Waals surface area contributed by atoms with Gasteiger partial charge in [-0.25, -0.2) is 4.39 Å². The zero-order valence-electron chi connectivity index (χ0n) is 15.2. The average molecular weight is 421 g/mol. The van der Waals surface area contributed by atoms with Crippen molar-refractivity contribution in [1.82, 2.24) is 0 Å². The van der Waals surface area contributed by atoms with Gasteiger partial charge >= 0.3 is 0 Å². The van der Waals surface area contributed by atoms with Crippen LogP contribution in [0.3, 0.4) is 0 Å². The molecule has 1 saturated carbocycles. The van der Waals surface area contributed by atoms with Gasteiger partial charge in [0.25, 0.3) is 0 Å². The number of hydrogen-bond acceptors (Lipinski definition) is 2. The first-order chi connectivity index (χ1) is 13.2. The molecule has 0 spiro atoms. The molecule has 2 aliphatic rings. The topological polar surface area (TPSA) is 49.4 Å². The molecule has 7 heteroatoms. The predicted octanol–water partition coefficient (Wildman–Crippen LogP) is 4.70. The maximum absolute atomic E-state index is 14.0. The Bertz CT molecular complexity index is 965. The van der Waals surface area contributed by atoms with E-state index in [0.717, 1.165) is 5.56 Å². The van der Waals surface area contributed by atoms with Gasteiger partial charge in [0.1, 0.15) is 16.2 Å². The number of hydrogen-bond donors (Lipinski definition) is 1. The normalized spacial score (nSPS) is 25.0. The lowest BCUT2D eigenvalue weighted by Gasteiger charge is -2.38. The zero-order chi connectivity index (χ0) is 20.1. The van der Waals surface area contributed by atoms with E-state index < -0.39 is 27.5 Å². The van der Waals surface area contributed by atoms with Crippen molar-refractivity contribution >= 4 is 46.4 Å². The molecule has 2 aromatic carbocycles. The van der Waals surface area contributed by atoms with Gasteiger partial charge in [-0.2, -0.15) is 0 Å². The third-order valence-electron chi connectivity index (χ3n) is 5.63. The Morgan fingerprint density at radius 3 is 2.46 bits per heavy atom. The van der Waals surface area contributed by atoms with Crippen molar-refractivity contribution in [2.24, 2.45) is 5.41 Å². The van der Waals surface area contributed by atoms with Gasteiger partial charge in [0.05, 0.1) is 11.1 Å². The smallest absolute Gasteiger partial charge is 0.247 e. The summed E-state index contributed by atoms with van der Waals surface area (Å²) in [7, 11) is 0. The standard InChI is InChI=1S/C21H19Cl2FN2O2/c1-20(12-21(20,22)23)19(28)26-16-9-5-2-6-13(16)10-11-17(26)18(27)25-15-8-4-3-7-14(15)24/h2-9,17H,10-12H2,1H3,(H,25,27)/t17-,20-/m1/s1. The fraction of sp³-hybridized carbons (Fsp3) is 0.333. The highest BCUT2D eigenvalue weighted by Crippen LogP contribution is 2.65. The van der Waals surface area contributed by atoms with Crippen LogP contribution in [0.15, 0.2) is 48.5 Å². The van der Waals surface area contributed by atoms with Crippen LogP contribution < -0.4 is 10.2 Å². The molecular formula is C21H19Cl2FN2O2. The summed E-state index contributed by atoms with van der Waals surface area (Å²) in [4.78, 5) is 27.9. The van der Waals surface area contributed by atoms with Crippen molar-refractivity contribution < 1.29 is 14.0 Å². The highest BCUT2D eigenvalue weighted by atomic mass is 35.5. The molecule has 1 aliphatic carbocycles. The SMILES string of the molecule is C[C@]1(C(=O)N2c3ccccc3CC[C@@H]2C(=O)Nc2ccccc2F)CC1(Cl)Cl. The summed E-state index contributed by atoms with van der Waals surface area (Å²) >= 11 is 12.5. The number of aryl methyl sites for hydroxylation is 1. The molecule has 146 valence electrons. The lowest BCUT2D eigenvalue weighted by molar-refractivity contribution is -0.127. The van der Waals surface area contributed by atoms with Gasteiger partial charge in [0.15, 0.2) is 0 Å². The first-order valence-corrected chi connectivity index (χ1v) is 9.85. The Labute approximate surface area is 172 Å². The highest BCUT2D eigenvalue weighted by molar-refractivity contribution is 6.53. The second kappa shape index (κ2) is 6.75. The molecule has 4 rings (SSSR count). The molecule has 2 aromatic rings. The van der Waals surface area contributed by atoms with E-state index >= 15 is 0 Å². The van der Waals surface area contributed by atoms with E-state index in [1.54, 1.807) is 19.1 Å². The Morgan fingerprint density at radius 2 is 1.79 bits per heavy atom. The Morgan fingerprint density at radius 1 is 1.14 bits per heavy atom. The van der Waals surface area contributed by atoms with Gasteiger partial charge in [-0.05, 0) is 49.9 Å². The molecular weight excluding hydrogens is 402 g/mol. The molecule has 0 bridgehead atoms. The van der Waals surface area contributed by atoms with Crippen molar-refractivity contribution in [2.45, 2.75) is 36.6 Å². The van der Waals surface area contributed by atoms with E-state index in [9.17, 15) is 14.0 Å². The van der Waals surface area contributed by atoms with E-state index in [2.05, 4.69) is 5.32 Å². The van der Waals surface area contributed by atoms with Crippen LogP contribution in [0.25, 0.3) is 0 Å². The summed E-state index contributed by atoms with van der Waals surface area (Å²) in [5.41, 5.74) is 0.770. The first-order valence-electron chi connectivity index (χ1n) is 9.09. The van der Waals surface area contributed by atoms with E-state index in [-0.39, 0.29) is 11.6 Å². The maximum atomic E-state index is 14.0. The summed E-state index contributed by atoms with van der Waals surface area (Å²) in [6.45, 7) is 1.71. The fourth-order valence-corrected chi connectivity index (χ4v) is 4.42. The number of para-hydroxylation sites is 2. The van der Waals surface area contributed by atoms with E-state index in [1.165, 1.54) is 17.0 Å². The molecule has 1 fully saturated rings. The van der Waals surface area contributed by atoms with Crippen molar-refractivity contribution in [1.29, 1.82) is 0 Å². The fourth-order valence-electron chi connectivity index (χ4n) is 3.72. The van der Waals surface area contributed by atoms with Gasteiger partial charge in [-0.1, -0.05) is 30.3 Å². The Kier molecular flexibility index (Phi) is 4.63. The molecule has 1 heterocycles. The lowest BCUT2D eigenvalue weighted by Crippen LogP contribution is -2.53. The molecule has 28 heavy (non-hydrogen) atoms. The number of nitrogens with zero attached hydrogens (tertiary/aromatic N) is 1. The van der Waals surface area contributed by atoms with Crippen LogP contribution >= 0.6 is 23.2 Å². The molecule has 0 unspecified atom stereocenters. The van der Waals surface area contributed by atoms with Crippen molar-refractivity contribution in [3.63, 3.8) is 0 Å². The largest absolute Gasteiger partial charge is 0.322 e. The molecule has 0 radical (unpaired) electrons. The van der Waals surface area contributed by atoms with Crippen molar-refractivity contribution in [3.05, 3.63) is 59.9 Å². The van der Waals surface area contributed by atoms with E-state index in [0.29, 0.717) is 24.9 Å². The monoisotopic (exact) mass is 420 g/mol. The summed E-state index contributed by atoms with van der Waals surface area (Å²) in [6.07, 6.45) is 1.39. The maximum Gasteiger partial charge on any atom is 0.247 e. The van der Waals surface area contributed by atoms with Gasteiger partial charge in [-0.3, -0.25) is 14.5 Å². The molecule has 2 amide bonds. The number of carbonyl (C=O) groups is 2. The number of halogens is 3. The van der Waals surface area contributed by atoms with E-state index in [1.807, 2.05) is 24.3 Å². The molecule has 0 saturated heterocycles. The number of fused-ring (bicyclic) bond motifs is 1.